The molecule has 1 atom stereocenters. The molecule has 0 bridgehead atoms. The van der Waals surface area contributed by atoms with E-state index < -0.39 is 6.04 Å². The lowest BCUT2D eigenvalue weighted by Gasteiger charge is -2.36. The number of piperidine rings is 1. The average molecular weight is 879 g/mol. The molecule has 346 valence electrons. The molecule has 1 saturated carbocycles. The van der Waals surface area contributed by atoms with Crippen LogP contribution >= 0.6 is 0 Å². The molecule has 4 aliphatic rings. The van der Waals surface area contributed by atoms with Crippen LogP contribution in [0, 0.1) is 11.8 Å². The maximum Gasteiger partial charge on any atom is 0.255 e. The topological polar surface area (TPSA) is 188 Å². The number of hydrogen-bond donors (Lipinski definition) is 4. The highest BCUT2D eigenvalue weighted by Gasteiger charge is 2.36. The lowest BCUT2D eigenvalue weighted by molar-refractivity contribution is -0.125. The van der Waals surface area contributed by atoms with Gasteiger partial charge in [-0.1, -0.05) is 63.0 Å². The number of piperazine rings is 1. The molecule has 64 heavy (non-hydrogen) atoms. The van der Waals surface area contributed by atoms with Gasteiger partial charge in [-0.25, -0.2) is 5.84 Å². The first-order chi connectivity index (χ1) is 31.2. The van der Waals surface area contributed by atoms with Gasteiger partial charge in [0.05, 0.1) is 5.39 Å². The molecule has 6 N–H and O–H groups in total. The number of hydrazone groups is 1. The number of likely N-dealkylation sites (N-methyl/N-ethyl adjacent to an activating group) is 2. The summed E-state index contributed by atoms with van der Waals surface area (Å²) in [7, 11) is 3.69. The van der Waals surface area contributed by atoms with Crippen molar-refractivity contribution in [2.24, 2.45) is 28.6 Å². The Labute approximate surface area is 378 Å². The van der Waals surface area contributed by atoms with Crippen molar-refractivity contribution in [1.82, 2.24) is 35.5 Å². The van der Waals surface area contributed by atoms with Gasteiger partial charge in [0.25, 0.3) is 5.91 Å². The summed E-state index contributed by atoms with van der Waals surface area (Å²) in [4.78, 5) is 44.8. The van der Waals surface area contributed by atoms with Crippen molar-refractivity contribution in [3.63, 3.8) is 0 Å². The first kappa shape index (κ1) is 48.1. The summed E-state index contributed by atoms with van der Waals surface area (Å²) < 4.78 is 12.1. The molecular weight excluding hydrogens is 809 g/mol. The zero-order valence-electron chi connectivity index (χ0n) is 38.6. The number of nitrogens with two attached hydrogens (primary N) is 2. The number of fused-ring (bicyclic) bond motifs is 2. The van der Waals surface area contributed by atoms with Crippen LogP contribution in [-0.4, -0.2) is 121 Å². The number of rotatable bonds is 13. The van der Waals surface area contributed by atoms with Gasteiger partial charge < -0.3 is 45.3 Å². The highest BCUT2D eigenvalue weighted by Crippen LogP contribution is 2.34. The van der Waals surface area contributed by atoms with E-state index >= 15 is 0 Å². The standard InChI is InChI=1S/C27H36N6O2.C20H28N4O3.C2H6/c1-18-5-7-19(8-6-18)17-33-13-11-22(12-14-33)34-23-4-2-3-20(15-23)26-24-16-21(27(30-28)31-29)9-10-25(24)32-35-26;1-21-19(26)18(4-3-11-25)24-14-16-12-15(5-6-17(16)20(24)27)13-23-9-7-22(2)8-10-23;1-2/h2-4,9-10,15-16,18-19,22H,5-8,11-14,17,28-29H2,1H3,(H,30,31);5-6,11-12,18H,3-4,7-10,13-14H2,1-2H3,(H,21,26);1-2H3. The maximum absolute atomic E-state index is 12.8. The van der Waals surface area contributed by atoms with E-state index in [4.69, 9.17) is 20.9 Å². The maximum atomic E-state index is 12.8. The summed E-state index contributed by atoms with van der Waals surface area (Å²) in [6, 6.07) is 19.0. The third kappa shape index (κ3) is 12.3. The predicted molar refractivity (Wildman–Crippen MR) is 252 cm³/mol. The Bertz CT molecular complexity index is 2170. The molecule has 2 saturated heterocycles. The van der Waals surface area contributed by atoms with Gasteiger partial charge in [0.2, 0.25) is 5.91 Å². The number of nitrogens with one attached hydrogen (secondary N) is 2. The summed E-state index contributed by atoms with van der Waals surface area (Å²) in [5.74, 6) is 14.3. The minimum absolute atomic E-state index is 0.129. The van der Waals surface area contributed by atoms with Crippen LogP contribution in [0.25, 0.3) is 22.2 Å². The number of ether oxygens (including phenoxy) is 1. The number of hydrazine groups is 1. The largest absolute Gasteiger partial charge is 0.490 e. The fraction of sp³-hybridized carbons (Fsp3) is 0.531. The van der Waals surface area contributed by atoms with E-state index in [1.165, 1.54) is 37.8 Å². The average Bonchev–Trinajstić information content (AvgIpc) is 3.90. The molecule has 1 aromatic heterocycles. The molecule has 3 aliphatic heterocycles. The fourth-order valence-corrected chi connectivity index (χ4v) is 9.31. The molecule has 8 rings (SSSR count). The van der Waals surface area contributed by atoms with Gasteiger partial charge in [-0.2, -0.15) is 5.10 Å². The van der Waals surface area contributed by atoms with Crippen LogP contribution in [-0.2, 0) is 22.7 Å². The number of carbonyl (C=O) groups is 3. The second kappa shape index (κ2) is 23.5. The Balaban J connectivity index is 0.000000211. The van der Waals surface area contributed by atoms with Crippen molar-refractivity contribution in [3.05, 3.63) is 82.9 Å². The molecule has 15 nitrogen and oxygen atoms in total. The Morgan fingerprint density at radius 1 is 0.969 bits per heavy atom. The molecule has 1 unspecified atom stereocenters. The van der Waals surface area contributed by atoms with E-state index in [0.29, 0.717) is 30.1 Å². The molecule has 0 radical (unpaired) electrons. The smallest absolute Gasteiger partial charge is 0.255 e. The lowest BCUT2D eigenvalue weighted by atomic mass is 9.82. The molecular formula is C49H70N10O5. The molecule has 0 spiro atoms. The quantitative estimate of drug-likeness (QED) is 0.0419. The Hall–Kier alpha value is -5.35. The molecule has 4 aromatic rings. The number of likely N-dealkylation sites (tertiary alicyclic amines) is 1. The molecule has 4 heterocycles. The summed E-state index contributed by atoms with van der Waals surface area (Å²) in [5, 5.41) is 11.4. The molecule has 1 aliphatic carbocycles. The van der Waals surface area contributed by atoms with Crippen molar-refractivity contribution >= 4 is 34.8 Å². The van der Waals surface area contributed by atoms with Crippen LogP contribution in [0.3, 0.4) is 0 Å². The Kier molecular flexibility index (Phi) is 17.7. The SMILES string of the molecule is CC.CC1CCC(CN2CCC(Oc3cccc(-c4onc5ccc(/C(=N/N)NN)cc45)c3)CC2)CC1.CNC(=O)C(CCC=O)N1Cc2cc(CN3CCN(C)CC3)ccc2C1=O. The van der Waals surface area contributed by atoms with Crippen LogP contribution in [0.1, 0.15) is 99.2 Å². The van der Waals surface area contributed by atoms with Gasteiger partial charge in [0.1, 0.15) is 29.7 Å². The normalized spacial score (nSPS) is 20.4. The van der Waals surface area contributed by atoms with E-state index in [2.05, 4.69) is 55.7 Å². The molecule has 2 amide bonds. The number of benzene rings is 3. The third-order valence-corrected chi connectivity index (χ3v) is 13.1. The van der Waals surface area contributed by atoms with E-state index in [1.807, 2.05) is 68.4 Å². The number of amidine groups is 1. The monoisotopic (exact) mass is 879 g/mol. The number of aromatic nitrogens is 1. The number of nitrogens with zero attached hydrogens (tertiary/aromatic N) is 6. The van der Waals surface area contributed by atoms with Crippen molar-refractivity contribution in [2.75, 3.05) is 59.9 Å². The number of carbonyl (C=O) groups excluding carboxylic acids is 3. The Morgan fingerprint density at radius 2 is 1.72 bits per heavy atom. The zero-order chi connectivity index (χ0) is 45.6. The zero-order valence-corrected chi connectivity index (χ0v) is 38.6. The predicted octanol–water partition coefficient (Wildman–Crippen LogP) is 5.76. The summed E-state index contributed by atoms with van der Waals surface area (Å²) in [6.07, 6.45) is 9.34. The van der Waals surface area contributed by atoms with Gasteiger partial charge in [0, 0.05) is 89.1 Å². The number of aldehydes is 1. The fourth-order valence-electron chi connectivity index (χ4n) is 9.31. The van der Waals surface area contributed by atoms with E-state index in [9.17, 15) is 14.4 Å². The Morgan fingerprint density at radius 3 is 2.41 bits per heavy atom. The first-order valence-corrected chi connectivity index (χ1v) is 23.3. The van der Waals surface area contributed by atoms with Crippen molar-refractivity contribution in [1.29, 1.82) is 0 Å². The van der Waals surface area contributed by atoms with Crippen LogP contribution < -0.4 is 27.2 Å². The second-order valence-corrected chi connectivity index (χ2v) is 17.5. The van der Waals surface area contributed by atoms with Crippen LogP contribution in [0.2, 0.25) is 0 Å². The highest BCUT2D eigenvalue weighted by atomic mass is 16.5. The summed E-state index contributed by atoms with van der Waals surface area (Å²) in [5.41, 5.74) is 7.76. The molecule has 3 fully saturated rings. The van der Waals surface area contributed by atoms with Crippen LogP contribution in [0.15, 0.2) is 70.3 Å². The minimum atomic E-state index is -0.610. The second-order valence-electron chi connectivity index (χ2n) is 17.5. The van der Waals surface area contributed by atoms with E-state index in [1.54, 1.807) is 11.9 Å². The van der Waals surface area contributed by atoms with Crippen molar-refractivity contribution in [2.45, 2.75) is 97.4 Å². The summed E-state index contributed by atoms with van der Waals surface area (Å²) >= 11 is 0. The van der Waals surface area contributed by atoms with Gasteiger partial charge >= 0.3 is 0 Å². The van der Waals surface area contributed by atoms with Gasteiger partial charge in [-0.05, 0) is 98.5 Å². The van der Waals surface area contributed by atoms with Crippen LogP contribution in [0.5, 0.6) is 5.75 Å². The molecule has 15 heteroatoms. The van der Waals surface area contributed by atoms with Crippen LogP contribution in [0.4, 0.5) is 0 Å². The third-order valence-electron chi connectivity index (χ3n) is 13.1. The highest BCUT2D eigenvalue weighted by molar-refractivity contribution is 6.03. The van der Waals surface area contributed by atoms with Gasteiger partial charge in [-0.15, -0.1) is 0 Å². The van der Waals surface area contributed by atoms with Crippen molar-refractivity contribution in [3.8, 4) is 17.1 Å². The first-order valence-electron chi connectivity index (χ1n) is 23.3. The van der Waals surface area contributed by atoms with E-state index in [-0.39, 0.29) is 24.3 Å². The number of amides is 2. The lowest BCUT2D eigenvalue weighted by Crippen LogP contribution is -2.46. The van der Waals surface area contributed by atoms with Crippen molar-refractivity contribution < 1.29 is 23.6 Å². The number of hydrogen-bond acceptors (Lipinski definition) is 12. The minimum Gasteiger partial charge on any atom is -0.490 e. The summed E-state index contributed by atoms with van der Waals surface area (Å²) in [6.45, 7) is 15.4. The molecule has 3 aromatic carbocycles. The van der Waals surface area contributed by atoms with Gasteiger partial charge in [-0.3, -0.25) is 14.5 Å². The van der Waals surface area contributed by atoms with Gasteiger partial charge in [0.15, 0.2) is 11.6 Å². The van der Waals surface area contributed by atoms with E-state index in [0.717, 1.165) is 110 Å².